The van der Waals surface area contributed by atoms with Crippen LogP contribution in [0.25, 0.3) is 0 Å². The average molecular weight is 341 g/mol. The van der Waals surface area contributed by atoms with Crippen molar-refractivity contribution in [2.24, 2.45) is 5.92 Å². The molecule has 0 aliphatic carbocycles. The average Bonchev–Trinajstić information content (AvgIpc) is 2.61. The summed E-state index contributed by atoms with van der Waals surface area (Å²) in [5, 5.41) is 12.3. The van der Waals surface area contributed by atoms with Crippen LogP contribution in [-0.2, 0) is 4.74 Å². The van der Waals surface area contributed by atoms with Crippen LogP contribution in [0.2, 0.25) is 19.1 Å². The number of rotatable bonds is 4. The fraction of sp³-hybridized carbons (Fsp3) is 0.429. The lowest BCUT2D eigenvalue weighted by Gasteiger charge is -2.41. The second-order valence-corrected chi connectivity index (χ2v) is 12.4. The zero-order chi connectivity index (χ0) is 17.2. The van der Waals surface area contributed by atoms with Gasteiger partial charge in [-0.05, 0) is 11.6 Å². The lowest BCUT2D eigenvalue weighted by molar-refractivity contribution is -0.0919. The third-order valence-electron chi connectivity index (χ3n) is 5.52. The Hall–Kier alpha value is -1.42. The molecule has 4 atom stereocenters. The molecule has 0 aromatic heterocycles. The Kier molecular flexibility index (Phi) is 5.23. The van der Waals surface area contributed by atoms with Gasteiger partial charge in [-0.15, -0.1) is 0 Å². The van der Waals surface area contributed by atoms with E-state index in [1.165, 1.54) is 10.8 Å². The molecule has 0 saturated carbocycles. The van der Waals surface area contributed by atoms with E-state index in [2.05, 4.69) is 62.5 Å². The lowest BCUT2D eigenvalue weighted by Crippen LogP contribution is -2.50. The Morgan fingerprint density at radius 1 is 1.00 bits per heavy atom. The zero-order valence-corrected chi connectivity index (χ0v) is 15.9. The predicted molar refractivity (Wildman–Crippen MR) is 102 cm³/mol. The fourth-order valence-corrected chi connectivity index (χ4v) is 6.64. The molecule has 1 aliphatic rings. The van der Waals surface area contributed by atoms with Crippen LogP contribution in [0.15, 0.2) is 60.7 Å². The van der Waals surface area contributed by atoms with Crippen LogP contribution in [0.4, 0.5) is 0 Å². The number of ether oxygens (including phenoxy) is 1. The van der Waals surface area contributed by atoms with Gasteiger partial charge in [0.1, 0.15) is 0 Å². The van der Waals surface area contributed by atoms with E-state index >= 15 is 0 Å². The highest BCUT2D eigenvalue weighted by atomic mass is 28.3. The van der Waals surface area contributed by atoms with E-state index in [-0.39, 0.29) is 24.0 Å². The van der Waals surface area contributed by atoms with Crippen LogP contribution >= 0.6 is 0 Å². The van der Waals surface area contributed by atoms with Gasteiger partial charge in [0.05, 0.1) is 26.9 Å². The molecule has 1 saturated heterocycles. The van der Waals surface area contributed by atoms with Crippen LogP contribution in [0.1, 0.15) is 18.4 Å². The van der Waals surface area contributed by atoms with Crippen LogP contribution in [0.3, 0.4) is 0 Å². The molecule has 2 aromatic rings. The smallest absolute Gasteiger partial charge is 0.0831 e. The van der Waals surface area contributed by atoms with Crippen LogP contribution in [0, 0.1) is 5.92 Å². The topological polar surface area (TPSA) is 29.5 Å². The van der Waals surface area contributed by atoms with Crippen molar-refractivity contribution in [1.29, 1.82) is 0 Å². The van der Waals surface area contributed by atoms with Crippen molar-refractivity contribution in [3.63, 3.8) is 0 Å². The zero-order valence-electron chi connectivity index (χ0n) is 14.9. The first-order valence-electron chi connectivity index (χ1n) is 8.89. The molecule has 1 aliphatic heterocycles. The van der Waals surface area contributed by atoms with E-state index in [0.717, 1.165) is 6.04 Å². The molecule has 0 bridgehead atoms. The normalized spacial score (nSPS) is 27.8. The fourth-order valence-electron chi connectivity index (χ4n) is 3.81. The Morgan fingerprint density at radius 2 is 1.58 bits per heavy atom. The van der Waals surface area contributed by atoms with Crippen molar-refractivity contribution in [2.45, 2.75) is 44.2 Å². The van der Waals surface area contributed by atoms with Crippen molar-refractivity contribution in [3.8, 4) is 0 Å². The van der Waals surface area contributed by atoms with Crippen LogP contribution in [0.5, 0.6) is 0 Å². The molecule has 0 amide bonds. The van der Waals surface area contributed by atoms with Gasteiger partial charge in [-0.3, -0.25) is 0 Å². The Labute approximate surface area is 146 Å². The maximum absolute atomic E-state index is 10.9. The maximum atomic E-state index is 10.9. The molecule has 3 heteroatoms. The Morgan fingerprint density at radius 3 is 2.21 bits per heavy atom. The minimum atomic E-state index is -1.58. The molecular formula is C21H28O2Si. The van der Waals surface area contributed by atoms with Crippen LogP contribution in [-0.4, -0.2) is 32.0 Å². The summed E-state index contributed by atoms with van der Waals surface area (Å²) in [7, 11) is -1.58. The van der Waals surface area contributed by atoms with Crippen molar-refractivity contribution in [2.75, 3.05) is 6.61 Å². The summed E-state index contributed by atoms with van der Waals surface area (Å²) in [6.07, 6.45) is -0.200. The summed E-state index contributed by atoms with van der Waals surface area (Å²) in [5.74, 6) is 0.235. The first-order chi connectivity index (χ1) is 11.5. The van der Waals surface area contributed by atoms with E-state index in [4.69, 9.17) is 4.74 Å². The first kappa shape index (κ1) is 17.4. The van der Waals surface area contributed by atoms with Gasteiger partial charge < -0.3 is 9.84 Å². The monoisotopic (exact) mass is 340 g/mol. The van der Waals surface area contributed by atoms with Gasteiger partial charge in [0.2, 0.25) is 0 Å². The van der Waals surface area contributed by atoms with Crippen molar-refractivity contribution in [1.82, 2.24) is 0 Å². The number of hydrogen-bond acceptors (Lipinski definition) is 2. The van der Waals surface area contributed by atoms with Crippen molar-refractivity contribution >= 4 is 13.3 Å². The summed E-state index contributed by atoms with van der Waals surface area (Å²) >= 11 is 0. The maximum Gasteiger partial charge on any atom is 0.0831 e. The summed E-state index contributed by atoms with van der Waals surface area (Å²) in [5.41, 5.74) is 1.18. The summed E-state index contributed by atoms with van der Waals surface area (Å²) < 4.78 is 6.26. The Bertz CT molecular complexity index is 641. The largest absolute Gasteiger partial charge is 0.392 e. The highest BCUT2D eigenvalue weighted by Crippen LogP contribution is 2.35. The lowest BCUT2D eigenvalue weighted by atomic mass is 9.82. The van der Waals surface area contributed by atoms with Gasteiger partial charge in [0.25, 0.3) is 0 Å². The first-order valence-corrected chi connectivity index (χ1v) is 12.1. The molecule has 1 fully saturated rings. The quantitative estimate of drug-likeness (QED) is 0.858. The minimum Gasteiger partial charge on any atom is -0.392 e. The minimum absolute atomic E-state index is 0.0824. The number of aliphatic hydroxyl groups excluding tert-OH is 1. The molecule has 2 aromatic carbocycles. The predicted octanol–water partition coefficient (Wildman–Crippen LogP) is 3.78. The third-order valence-corrected chi connectivity index (χ3v) is 8.84. The second kappa shape index (κ2) is 7.22. The van der Waals surface area contributed by atoms with Gasteiger partial charge in [0, 0.05) is 11.8 Å². The van der Waals surface area contributed by atoms with E-state index in [0.29, 0.717) is 6.61 Å². The van der Waals surface area contributed by atoms with Crippen LogP contribution < -0.4 is 5.19 Å². The molecule has 24 heavy (non-hydrogen) atoms. The molecule has 0 spiro atoms. The second-order valence-electron chi connectivity index (χ2n) is 7.69. The summed E-state index contributed by atoms with van der Waals surface area (Å²) in [4.78, 5) is 0. The SMILES string of the molecule is C[C@@H]1[C@@H](O)[C@@H](c2ccccc2)CO[C@H]1C[Si](C)(C)c1ccccc1. The molecule has 2 nitrogen and oxygen atoms in total. The highest BCUT2D eigenvalue weighted by molar-refractivity contribution is 6.89. The van der Waals surface area contributed by atoms with E-state index in [9.17, 15) is 5.11 Å². The van der Waals surface area contributed by atoms with Gasteiger partial charge in [-0.2, -0.15) is 0 Å². The van der Waals surface area contributed by atoms with E-state index < -0.39 is 8.07 Å². The van der Waals surface area contributed by atoms with Gasteiger partial charge in [0.15, 0.2) is 0 Å². The number of hydrogen-bond donors (Lipinski definition) is 1. The van der Waals surface area contributed by atoms with Gasteiger partial charge in [-0.25, -0.2) is 0 Å². The molecule has 0 unspecified atom stereocenters. The molecule has 128 valence electrons. The molecular weight excluding hydrogens is 312 g/mol. The van der Waals surface area contributed by atoms with Gasteiger partial charge in [-0.1, -0.05) is 85.9 Å². The summed E-state index contributed by atoms with van der Waals surface area (Å²) in [6.45, 7) is 7.54. The van der Waals surface area contributed by atoms with Crippen molar-refractivity contribution < 1.29 is 9.84 Å². The molecule has 0 radical (unpaired) electrons. The van der Waals surface area contributed by atoms with E-state index in [1.807, 2.05) is 18.2 Å². The standard InChI is InChI=1S/C21H28O2Si/c1-16-20(15-24(2,3)18-12-8-5-9-13-18)23-14-19(21(16)22)17-10-6-4-7-11-17/h4-13,16,19-22H,14-15H2,1-3H3/t16-,19+,20-,21+/m0/s1. The molecule has 1 N–H and O–H groups in total. The summed E-state index contributed by atoms with van der Waals surface area (Å²) in [6, 6.07) is 22.1. The Balaban J connectivity index is 1.71. The van der Waals surface area contributed by atoms with E-state index in [1.54, 1.807) is 0 Å². The molecule has 3 rings (SSSR count). The van der Waals surface area contributed by atoms with Gasteiger partial charge >= 0.3 is 0 Å². The number of aliphatic hydroxyl groups is 1. The highest BCUT2D eigenvalue weighted by Gasteiger charge is 2.40. The third kappa shape index (κ3) is 3.64. The molecule has 1 heterocycles. The number of benzene rings is 2. The van der Waals surface area contributed by atoms with Crippen molar-refractivity contribution in [3.05, 3.63) is 66.2 Å².